The van der Waals surface area contributed by atoms with Gasteiger partial charge in [-0.25, -0.2) is 4.98 Å². The molecule has 190 valence electrons. The first-order valence-electron chi connectivity index (χ1n) is 12.7. The van der Waals surface area contributed by atoms with Gasteiger partial charge >= 0.3 is 0 Å². The van der Waals surface area contributed by atoms with Crippen molar-refractivity contribution in [2.45, 2.75) is 65.6 Å². The number of fused-ring (bicyclic) bond motifs is 4. The van der Waals surface area contributed by atoms with Crippen molar-refractivity contribution in [3.63, 3.8) is 0 Å². The number of Topliss-reactive ketones (excluding diaryl/α,β-unsaturated/α-hetero) is 1. The summed E-state index contributed by atoms with van der Waals surface area (Å²) in [4.78, 5) is 50.4. The predicted molar refractivity (Wildman–Crippen MR) is 141 cm³/mol. The third-order valence-electron chi connectivity index (χ3n) is 7.34. The fourth-order valence-electron chi connectivity index (χ4n) is 5.13. The first kappa shape index (κ1) is 24.6. The highest BCUT2D eigenvalue weighted by atomic mass is 32.1. The molecule has 1 unspecified atom stereocenters. The van der Waals surface area contributed by atoms with Crippen LogP contribution in [0, 0.1) is 0 Å². The fraction of sp³-hybridized carbons (Fsp3) is 0.481. The number of thiophene rings is 1. The van der Waals surface area contributed by atoms with Crippen molar-refractivity contribution in [2.24, 2.45) is 0 Å². The minimum atomic E-state index is -0.570. The molecule has 1 aliphatic carbocycles. The Morgan fingerprint density at radius 3 is 2.69 bits per heavy atom. The van der Waals surface area contributed by atoms with Crippen LogP contribution in [0.1, 0.15) is 60.2 Å². The van der Waals surface area contributed by atoms with Crippen LogP contribution in [0.25, 0.3) is 10.2 Å². The van der Waals surface area contributed by atoms with Gasteiger partial charge in [0.15, 0.2) is 11.9 Å². The number of aromatic nitrogens is 2. The second-order valence-corrected chi connectivity index (χ2v) is 10.6. The van der Waals surface area contributed by atoms with Crippen LogP contribution in [0.5, 0.6) is 5.75 Å². The van der Waals surface area contributed by atoms with E-state index in [1.54, 1.807) is 48.1 Å². The summed E-state index contributed by atoms with van der Waals surface area (Å²) in [5, 5.41) is 0.684. The molecule has 2 aliphatic rings. The highest BCUT2D eigenvalue weighted by Crippen LogP contribution is 2.35. The lowest BCUT2D eigenvalue weighted by Gasteiger charge is -2.30. The number of rotatable bonds is 7. The molecule has 1 aromatic carbocycles. The minimum absolute atomic E-state index is 0.100. The maximum Gasteiger partial charge on any atom is 0.267 e. The summed E-state index contributed by atoms with van der Waals surface area (Å²) in [6.07, 6.45) is 3.51. The lowest BCUT2D eigenvalue weighted by atomic mass is 9.97. The lowest BCUT2D eigenvalue weighted by molar-refractivity contribution is -0.125. The number of carbonyl (C=O) groups excluding carboxylic acids is 2. The summed E-state index contributed by atoms with van der Waals surface area (Å²) >= 11 is 1.63. The maximum atomic E-state index is 13.9. The van der Waals surface area contributed by atoms with E-state index in [0.717, 1.165) is 49.2 Å². The average Bonchev–Trinajstić information content (AvgIpc) is 3.26. The number of benzene rings is 1. The predicted octanol–water partition coefficient (Wildman–Crippen LogP) is 3.81. The number of aryl methyl sites for hydroxylation is 2. The van der Waals surface area contributed by atoms with E-state index < -0.39 is 6.10 Å². The van der Waals surface area contributed by atoms with Crippen LogP contribution in [-0.4, -0.2) is 52.4 Å². The molecule has 0 N–H and O–H groups in total. The average molecular weight is 509 g/mol. The van der Waals surface area contributed by atoms with Crippen molar-refractivity contribution < 1.29 is 14.3 Å². The third kappa shape index (κ3) is 4.24. The second kappa shape index (κ2) is 9.78. The fourth-order valence-corrected chi connectivity index (χ4v) is 6.40. The molecule has 1 amide bonds. The van der Waals surface area contributed by atoms with Gasteiger partial charge in [0.25, 0.3) is 11.5 Å². The highest BCUT2D eigenvalue weighted by molar-refractivity contribution is 7.18. The minimum Gasteiger partial charge on any atom is -0.479 e. The lowest BCUT2D eigenvalue weighted by Crippen LogP contribution is -2.42. The molecule has 3 aromatic rings. The van der Waals surface area contributed by atoms with Gasteiger partial charge in [-0.3, -0.25) is 23.9 Å². The molecular formula is C27H32N4O4S. The second-order valence-electron chi connectivity index (χ2n) is 9.53. The number of ketones is 1. The van der Waals surface area contributed by atoms with Gasteiger partial charge in [0.2, 0.25) is 0 Å². The zero-order valence-corrected chi connectivity index (χ0v) is 22.1. The van der Waals surface area contributed by atoms with E-state index in [9.17, 15) is 14.4 Å². The summed E-state index contributed by atoms with van der Waals surface area (Å²) < 4.78 is 7.26. The summed E-state index contributed by atoms with van der Waals surface area (Å²) in [5.74, 6) is 0.811. The van der Waals surface area contributed by atoms with E-state index in [-0.39, 0.29) is 23.8 Å². The van der Waals surface area contributed by atoms with Gasteiger partial charge < -0.3 is 9.64 Å². The maximum absolute atomic E-state index is 13.9. The highest BCUT2D eigenvalue weighted by Gasteiger charge is 2.30. The van der Waals surface area contributed by atoms with Crippen molar-refractivity contribution in [2.75, 3.05) is 25.0 Å². The Hall–Kier alpha value is -3.04. The largest absolute Gasteiger partial charge is 0.479 e. The topological polar surface area (TPSA) is 84.7 Å². The van der Waals surface area contributed by atoms with Gasteiger partial charge in [0.1, 0.15) is 16.4 Å². The van der Waals surface area contributed by atoms with E-state index in [0.29, 0.717) is 34.8 Å². The van der Waals surface area contributed by atoms with Crippen molar-refractivity contribution in [3.05, 3.63) is 50.4 Å². The molecule has 0 saturated carbocycles. The number of carbonyl (C=O) groups is 2. The number of nitrogens with zero attached hydrogens (tertiary/aromatic N) is 4. The van der Waals surface area contributed by atoms with Crippen molar-refractivity contribution in [1.29, 1.82) is 0 Å². The molecule has 0 bridgehead atoms. The molecule has 0 radical (unpaired) electrons. The first-order valence-corrected chi connectivity index (χ1v) is 13.5. The molecule has 0 spiro atoms. The van der Waals surface area contributed by atoms with Crippen molar-refractivity contribution in [3.8, 4) is 5.75 Å². The third-order valence-corrected chi connectivity index (χ3v) is 8.53. The number of hydrogen-bond donors (Lipinski definition) is 0. The van der Waals surface area contributed by atoms with Gasteiger partial charge in [-0.05, 0) is 69.5 Å². The molecule has 0 saturated heterocycles. The standard InChI is InChI=1S/C27H32N4O4S/c1-5-30(6-2)15-23-28-25-24(18-9-7-8-10-22(18)36-25)27(34)31(23)14-20(32)17-11-12-21-19(13-17)29(4)26(33)16(3)35-21/h11-13,16H,5-10,14-15H2,1-4H3. The van der Waals surface area contributed by atoms with Crippen LogP contribution in [0.3, 0.4) is 0 Å². The van der Waals surface area contributed by atoms with Crippen LogP contribution in [-0.2, 0) is 30.7 Å². The Kier molecular flexibility index (Phi) is 6.70. The Morgan fingerprint density at radius 2 is 1.94 bits per heavy atom. The van der Waals surface area contributed by atoms with Gasteiger partial charge in [0.05, 0.1) is 24.2 Å². The quantitative estimate of drug-likeness (QED) is 0.452. The Balaban J connectivity index is 1.56. The number of amides is 1. The molecule has 8 nitrogen and oxygen atoms in total. The van der Waals surface area contributed by atoms with Crippen molar-refractivity contribution >= 4 is 38.9 Å². The monoisotopic (exact) mass is 508 g/mol. The van der Waals surface area contributed by atoms with E-state index in [4.69, 9.17) is 9.72 Å². The molecule has 3 heterocycles. The van der Waals surface area contributed by atoms with Crippen LogP contribution in [0.4, 0.5) is 5.69 Å². The van der Waals surface area contributed by atoms with E-state index >= 15 is 0 Å². The van der Waals surface area contributed by atoms with Gasteiger partial charge in [-0.1, -0.05) is 13.8 Å². The zero-order valence-electron chi connectivity index (χ0n) is 21.3. The Morgan fingerprint density at radius 1 is 1.19 bits per heavy atom. The number of hydrogen-bond acceptors (Lipinski definition) is 7. The molecular weight excluding hydrogens is 476 g/mol. The van der Waals surface area contributed by atoms with Gasteiger partial charge in [-0.2, -0.15) is 0 Å². The Labute approximate surface area is 214 Å². The Bertz CT molecular complexity index is 1400. The molecule has 36 heavy (non-hydrogen) atoms. The molecule has 2 aromatic heterocycles. The van der Waals surface area contributed by atoms with E-state index in [1.165, 1.54) is 9.78 Å². The van der Waals surface area contributed by atoms with Gasteiger partial charge in [-0.15, -0.1) is 11.3 Å². The summed E-state index contributed by atoms with van der Waals surface area (Å²) in [6.45, 7) is 7.90. The number of likely N-dealkylation sites (N-methyl/N-ethyl adjacent to an activating group) is 1. The van der Waals surface area contributed by atoms with Crippen molar-refractivity contribution in [1.82, 2.24) is 14.5 Å². The summed E-state index contributed by atoms with van der Waals surface area (Å²) in [7, 11) is 1.68. The summed E-state index contributed by atoms with van der Waals surface area (Å²) in [6, 6.07) is 5.10. The SMILES string of the molecule is CCN(CC)Cc1nc2sc3c(c2c(=O)n1CC(=O)c1ccc2c(c1)N(C)C(=O)C(C)O2)CCCC3. The first-order chi connectivity index (χ1) is 17.3. The normalized spacial score (nSPS) is 17.3. The number of anilines is 1. The van der Waals surface area contributed by atoms with E-state index in [1.807, 2.05) is 0 Å². The van der Waals surface area contributed by atoms with E-state index in [2.05, 4.69) is 18.7 Å². The smallest absolute Gasteiger partial charge is 0.267 e. The molecule has 0 fully saturated rings. The molecule has 1 atom stereocenters. The van der Waals surface area contributed by atoms with Gasteiger partial charge in [0, 0.05) is 17.5 Å². The molecule has 5 rings (SSSR count). The van der Waals surface area contributed by atoms with Crippen LogP contribution >= 0.6 is 11.3 Å². The van der Waals surface area contributed by atoms with Crippen LogP contribution in [0.15, 0.2) is 23.0 Å². The van der Waals surface area contributed by atoms with Crippen LogP contribution < -0.4 is 15.2 Å². The zero-order chi connectivity index (χ0) is 25.6. The number of ether oxygens (including phenoxy) is 1. The molecule has 1 aliphatic heterocycles. The summed E-state index contributed by atoms with van der Waals surface area (Å²) in [5.41, 5.74) is 1.98. The molecule has 9 heteroatoms. The van der Waals surface area contributed by atoms with Crippen LogP contribution in [0.2, 0.25) is 0 Å².